The molecule has 0 bridgehead atoms. The third-order valence-electron chi connectivity index (χ3n) is 4.56. The van der Waals surface area contributed by atoms with Crippen molar-refractivity contribution in [1.29, 1.82) is 0 Å². The van der Waals surface area contributed by atoms with E-state index in [-0.39, 0.29) is 18.7 Å². The van der Waals surface area contributed by atoms with Gasteiger partial charge in [0, 0.05) is 14.9 Å². The maximum atomic E-state index is 13.2. The van der Waals surface area contributed by atoms with Crippen molar-refractivity contribution in [2.45, 2.75) is 19.6 Å². The fourth-order valence-electron chi connectivity index (χ4n) is 3.25. The Hall–Kier alpha value is -2.48. The first-order valence-electron chi connectivity index (χ1n) is 9.13. The zero-order valence-electron chi connectivity index (χ0n) is 15.7. The lowest BCUT2D eigenvalue weighted by Gasteiger charge is -2.14. The van der Waals surface area contributed by atoms with Crippen LogP contribution in [0.1, 0.15) is 4.88 Å². The number of aliphatic hydroxyl groups excluding tert-OH is 1. The van der Waals surface area contributed by atoms with Crippen LogP contribution in [0.15, 0.2) is 70.2 Å². The molecule has 0 saturated carbocycles. The number of halogens is 1. The number of aliphatic hydroxyl groups is 1. The van der Waals surface area contributed by atoms with Gasteiger partial charge >= 0.3 is 0 Å². The summed E-state index contributed by atoms with van der Waals surface area (Å²) in [4.78, 5) is 19.4. The molecule has 0 aliphatic heterocycles. The normalized spacial score (nSPS) is 12.2. The Balaban J connectivity index is 1.60. The molecular formula is C22H19BrN2O3S. The summed E-state index contributed by atoms with van der Waals surface area (Å²) in [6.45, 7) is 2.19. The summed E-state index contributed by atoms with van der Waals surface area (Å²) in [6, 6.07) is 17.2. The van der Waals surface area contributed by atoms with Gasteiger partial charge in [-0.15, -0.1) is 11.3 Å². The van der Waals surface area contributed by atoms with Crippen LogP contribution in [-0.4, -0.2) is 27.4 Å². The van der Waals surface area contributed by atoms with Crippen LogP contribution in [0.2, 0.25) is 0 Å². The van der Waals surface area contributed by atoms with Gasteiger partial charge in [-0.25, -0.2) is 4.98 Å². The monoisotopic (exact) mass is 470 g/mol. The van der Waals surface area contributed by atoms with Gasteiger partial charge in [-0.1, -0.05) is 52.3 Å². The predicted octanol–water partition coefficient (Wildman–Crippen LogP) is 4.64. The van der Waals surface area contributed by atoms with Crippen LogP contribution in [0, 0.1) is 6.92 Å². The standard InChI is InChI=1S/C22H19BrN2O3S/c1-14-19(15-6-3-2-4-7-15)20-21(29-14)24-13-25(22(20)27)11-17(26)12-28-18-9-5-8-16(23)10-18/h2-10,13,17,26H,11-12H2,1H3/t17-/m1/s1. The Labute approximate surface area is 180 Å². The van der Waals surface area contributed by atoms with Crippen molar-refractivity contribution in [3.63, 3.8) is 0 Å². The number of rotatable bonds is 6. The second-order valence-electron chi connectivity index (χ2n) is 6.70. The molecule has 2 aromatic heterocycles. The minimum atomic E-state index is -0.842. The molecule has 5 nitrogen and oxygen atoms in total. The molecule has 1 N–H and O–H groups in total. The molecular weight excluding hydrogens is 452 g/mol. The summed E-state index contributed by atoms with van der Waals surface area (Å²) >= 11 is 4.90. The van der Waals surface area contributed by atoms with E-state index in [9.17, 15) is 9.90 Å². The molecule has 0 unspecified atom stereocenters. The number of hydrogen-bond donors (Lipinski definition) is 1. The van der Waals surface area contributed by atoms with Gasteiger partial charge in [0.15, 0.2) is 0 Å². The minimum Gasteiger partial charge on any atom is -0.491 e. The molecule has 0 radical (unpaired) electrons. The van der Waals surface area contributed by atoms with Gasteiger partial charge < -0.3 is 9.84 Å². The fraction of sp³-hybridized carbons (Fsp3) is 0.182. The third-order valence-corrected chi connectivity index (χ3v) is 6.07. The molecule has 148 valence electrons. The van der Waals surface area contributed by atoms with Gasteiger partial charge in [0.25, 0.3) is 5.56 Å². The van der Waals surface area contributed by atoms with Crippen molar-refractivity contribution < 1.29 is 9.84 Å². The second kappa shape index (κ2) is 8.49. The van der Waals surface area contributed by atoms with Crippen LogP contribution in [0.4, 0.5) is 0 Å². The highest BCUT2D eigenvalue weighted by atomic mass is 79.9. The molecule has 7 heteroatoms. The number of thiophene rings is 1. The van der Waals surface area contributed by atoms with Crippen molar-refractivity contribution >= 4 is 37.5 Å². The number of ether oxygens (including phenoxy) is 1. The zero-order valence-corrected chi connectivity index (χ0v) is 18.1. The van der Waals surface area contributed by atoms with Crippen LogP contribution in [0.5, 0.6) is 5.75 Å². The number of fused-ring (bicyclic) bond motifs is 1. The molecule has 29 heavy (non-hydrogen) atoms. The van der Waals surface area contributed by atoms with Crippen LogP contribution in [-0.2, 0) is 6.54 Å². The highest BCUT2D eigenvalue weighted by molar-refractivity contribution is 9.10. The summed E-state index contributed by atoms with van der Waals surface area (Å²) in [5.74, 6) is 0.652. The van der Waals surface area contributed by atoms with Gasteiger partial charge in [0.1, 0.15) is 23.3 Å². The lowest BCUT2D eigenvalue weighted by molar-refractivity contribution is 0.0914. The van der Waals surface area contributed by atoms with E-state index in [1.807, 2.05) is 61.5 Å². The second-order valence-corrected chi connectivity index (χ2v) is 8.82. The van der Waals surface area contributed by atoms with Gasteiger partial charge in [0.05, 0.1) is 18.3 Å². The Morgan fingerprint density at radius 1 is 1.21 bits per heavy atom. The first kappa shape index (κ1) is 19.8. The van der Waals surface area contributed by atoms with E-state index < -0.39 is 6.10 Å². The summed E-state index contributed by atoms with van der Waals surface area (Å²) < 4.78 is 7.99. The smallest absolute Gasteiger partial charge is 0.262 e. The van der Waals surface area contributed by atoms with Crippen LogP contribution in [0.3, 0.4) is 0 Å². The van der Waals surface area contributed by atoms with E-state index >= 15 is 0 Å². The first-order valence-corrected chi connectivity index (χ1v) is 10.7. The van der Waals surface area contributed by atoms with Crippen molar-refractivity contribution in [2.75, 3.05) is 6.61 Å². The Morgan fingerprint density at radius 2 is 2.00 bits per heavy atom. The average molecular weight is 471 g/mol. The molecule has 0 aliphatic carbocycles. The minimum absolute atomic E-state index is 0.0785. The zero-order chi connectivity index (χ0) is 20.4. The summed E-state index contributed by atoms with van der Waals surface area (Å²) in [6.07, 6.45) is 0.656. The SMILES string of the molecule is Cc1sc2ncn(C[C@@H](O)COc3cccc(Br)c3)c(=O)c2c1-c1ccccc1. The molecule has 0 aliphatic rings. The summed E-state index contributed by atoms with van der Waals surface area (Å²) in [5.41, 5.74) is 1.75. The number of hydrogen-bond acceptors (Lipinski definition) is 5. The Bertz CT molecular complexity index is 1200. The van der Waals surface area contributed by atoms with Gasteiger partial charge in [0.2, 0.25) is 0 Å². The fourth-order valence-corrected chi connectivity index (χ4v) is 4.63. The van der Waals surface area contributed by atoms with E-state index in [1.165, 1.54) is 22.2 Å². The molecule has 0 fully saturated rings. The van der Waals surface area contributed by atoms with Crippen molar-refractivity contribution in [3.05, 3.63) is 80.6 Å². The van der Waals surface area contributed by atoms with Crippen LogP contribution >= 0.6 is 27.3 Å². The van der Waals surface area contributed by atoms with Crippen molar-refractivity contribution in [3.8, 4) is 16.9 Å². The molecule has 0 amide bonds. The Morgan fingerprint density at radius 3 is 2.76 bits per heavy atom. The lowest BCUT2D eigenvalue weighted by atomic mass is 10.0. The molecule has 2 aromatic carbocycles. The number of nitrogens with zero attached hydrogens (tertiary/aromatic N) is 2. The van der Waals surface area contributed by atoms with E-state index in [4.69, 9.17) is 4.74 Å². The first-order chi connectivity index (χ1) is 14.0. The average Bonchev–Trinajstić information content (AvgIpc) is 3.06. The molecule has 4 rings (SSSR count). The topological polar surface area (TPSA) is 64.3 Å². The molecule has 2 heterocycles. The lowest BCUT2D eigenvalue weighted by Crippen LogP contribution is -2.30. The highest BCUT2D eigenvalue weighted by Crippen LogP contribution is 2.35. The molecule has 4 aromatic rings. The van der Waals surface area contributed by atoms with Crippen molar-refractivity contribution in [2.24, 2.45) is 0 Å². The number of aromatic nitrogens is 2. The maximum absolute atomic E-state index is 13.2. The van der Waals surface area contributed by atoms with Crippen molar-refractivity contribution in [1.82, 2.24) is 9.55 Å². The largest absolute Gasteiger partial charge is 0.491 e. The summed E-state index contributed by atoms with van der Waals surface area (Å²) in [7, 11) is 0. The number of aryl methyl sites for hydroxylation is 1. The van der Waals surface area contributed by atoms with Gasteiger partial charge in [-0.2, -0.15) is 0 Å². The highest BCUT2D eigenvalue weighted by Gasteiger charge is 2.18. The summed E-state index contributed by atoms with van der Waals surface area (Å²) in [5, 5.41) is 11.0. The van der Waals surface area contributed by atoms with E-state index in [0.29, 0.717) is 16.0 Å². The number of benzene rings is 2. The predicted molar refractivity (Wildman–Crippen MR) is 120 cm³/mol. The Kier molecular flexibility index (Phi) is 5.80. The van der Waals surface area contributed by atoms with Crippen LogP contribution in [0.25, 0.3) is 21.3 Å². The molecule has 1 atom stereocenters. The quantitative estimate of drug-likeness (QED) is 0.445. The van der Waals surface area contributed by atoms with Gasteiger partial charge in [-0.3, -0.25) is 9.36 Å². The molecule has 0 saturated heterocycles. The van der Waals surface area contributed by atoms with E-state index in [0.717, 1.165) is 20.5 Å². The van der Waals surface area contributed by atoms with E-state index in [2.05, 4.69) is 20.9 Å². The van der Waals surface area contributed by atoms with Crippen LogP contribution < -0.4 is 10.3 Å². The van der Waals surface area contributed by atoms with E-state index in [1.54, 1.807) is 0 Å². The maximum Gasteiger partial charge on any atom is 0.262 e. The van der Waals surface area contributed by atoms with Gasteiger partial charge in [-0.05, 0) is 30.7 Å². The molecule has 0 spiro atoms. The third kappa shape index (κ3) is 4.27.